The summed E-state index contributed by atoms with van der Waals surface area (Å²) in [4.78, 5) is 39.9. The van der Waals surface area contributed by atoms with Gasteiger partial charge in [0.25, 0.3) is 0 Å². The molecule has 4 rings (SSSR count). The number of ether oxygens (including phenoxy) is 1. The summed E-state index contributed by atoms with van der Waals surface area (Å²) in [7, 11) is -2.61. The third-order valence-electron chi connectivity index (χ3n) is 7.82. The smallest absolute Gasteiger partial charge is 0.228 e. The van der Waals surface area contributed by atoms with Crippen LogP contribution < -0.4 is 4.90 Å². The van der Waals surface area contributed by atoms with E-state index in [-0.39, 0.29) is 55.1 Å². The molecular weight excluding hydrogens is 484 g/mol. The van der Waals surface area contributed by atoms with Crippen molar-refractivity contribution in [3.63, 3.8) is 0 Å². The first-order chi connectivity index (χ1) is 17.7. The van der Waals surface area contributed by atoms with Crippen molar-refractivity contribution in [1.82, 2.24) is 4.90 Å². The van der Waals surface area contributed by atoms with E-state index in [2.05, 4.69) is 19.1 Å². The van der Waals surface area contributed by atoms with Gasteiger partial charge >= 0.3 is 0 Å². The molecule has 0 aromatic heterocycles. The predicted octanol–water partition coefficient (Wildman–Crippen LogP) is 3.74. The van der Waals surface area contributed by atoms with Crippen molar-refractivity contribution in [1.29, 1.82) is 0 Å². The van der Waals surface area contributed by atoms with E-state index in [1.54, 1.807) is 4.90 Å². The minimum atomic E-state index is -2.61. The van der Waals surface area contributed by atoms with Crippen molar-refractivity contribution in [3.8, 4) is 0 Å². The Morgan fingerprint density at radius 3 is 2.46 bits per heavy atom. The van der Waals surface area contributed by atoms with E-state index in [1.807, 2.05) is 60.5 Å². The second-order valence-corrected chi connectivity index (χ2v) is 15.0. The second kappa shape index (κ2) is 11.9. The Hall–Kier alpha value is -2.52. The van der Waals surface area contributed by atoms with Crippen LogP contribution in [0.5, 0.6) is 0 Å². The summed E-state index contributed by atoms with van der Waals surface area (Å²) in [5.74, 6) is 0.230. The molecule has 0 spiro atoms. The van der Waals surface area contributed by atoms with Gasteiger partial charge in [0.2, 0.25) is 11.8 Å². The Labute approximate surface area is 221 Å². The van der Waals surface area contributed by atoms with Crippen molar-refractivity contribution < 1.29 is 24.2 Å². The Balaban J connectivity index is 1.42. The number of carbonyl (C=O) groups is 2. The number of β-lactam (4-membered cyclic amide) rings is 1. The van der Waals surface area contributed by atoms with Crippen LogP contribution in [0.15, 0.2) is 54.6 Å². The van der Waals surface area contributed by atoms with Crippen LogP contribution in [-0.2, 0) is 27.3 Å². The molecule has 4 atom stereocenters. The number of hydrogen-bond acceptors (Lipinski definition) is 5. The summed E-state index contributed by atoms with van der Waals surface area (Å²) >= 11 is 0. The van der Waals surface area contributed by atoms with E-state index in [0.717, 1.165) is 36.2 Å². The first-order valence-corrected chi connectivity index (χ1v) is 16.4. The van der Waals surface area contributed by atoms with Crippen LogP contribution in [0.3, 0.4) is 0 Å². The summed E-state index contributed by atoms with van der Waals surface area (Å²) in [6.07, 6.45) is 1.99. The van der Waals surface area contributed by atoms with E-state index in [9.17, 15) is 19.5 Å². The SMILES string of the molecule is C[C@@H]1[C@@H]([Si](C)(C)O)[C@H](CC(=O)N(CCO)Cc2ccccc2)O[C@@H]1CCc1cccc(N2CCC2=O)c1. The maximum Gasteiger partial charge on any atom is 0.228 e. The van der Waals surface area contributed by atoms with Gasteiger partial charge in [-0.1, -0.05) is 49.4 Å². The highest BCUT2D eigenvalue weighted by Gasteiger charge is 2.50. The Morgan fingerprint density at radius 2 is 1.84 bits per heavy atom. The first kappa shape index (κ1) is 27.5. The lowest BCUT2D eigenvalue weighted by atomic mass is 9.94. The summed E-state index contributed by atoms with van der Waals surface area (Å²) in [5, 5.41) is 9.58. The number of nitrogens with zero attached hydrogens (tertiary/aromatic N) is 2. The lowest BCUT2D eigenvalue weighted by Gasteiger charge is -2.31. The van der Waals surface area contributed by atoms with Crippen molar-refractivity contribution >= 4 is 25.8 Å². The zero-order valence-corrected chi connectivity index (χ0v) is 23.2. The van der Waals surface area contributed by atoms with Gasteiger partial charge in [-0.05, 0) is 55.1 Å². The molecule has 2 aliphatic heterocycles. The minimum Gasteiger partial charge on any atom is -0.432 e. The van der Waals surface area contributed by atoms with Gasteiger partial charge in [-0.15, -0.1) is 0 Å². The van der Waals surface area contributed by atoms with E-state index in [1.165, 1.54) is 0 Å². The van der Waals surface area contributed by atoms with E-state index in [0.29, 0.717) is 13.0 Å². The molecule has 0 bridgehead atoms. The van der Waals surface area contributed by atoms with E-state index in [4.69, 9.17) is 4.74 Å². The zero-order valence-electron chi connectivity index (χ0n) is 22.2. The van der Waals surface area contributed by atoms with Gasteiger partial charge < -0.3 is 24.4 Å². The van der Waals surface area contributed by atoms with Gasteiger partial charge in [0.1, 0.15) is 0 Å². The molecule has 0 radical (unpaired) electrons. The number of aliphatic hydroxyl groups is 1. The van der Waals surface area contributed by atoms with E-state index < -0.39 is 8.32 Å². The average molecular weight is 525 g/mol. The first-order valence-electron chi connectivity index (χ1n) is 13.4. The molecular formula is C29H40N2O5Si. The molecule has 2 aliphatic rings. The topological polar surface area (TPSA) is 90.3 Å². The Bertz CT molecular complexity index is 1070. The van der Waals surface area contributed by atoms with E-state index >= 15 is 0 Å². The summed E-state index contributed by atoms with van der Waals surface area (Å²) in [5.41, 5.74) is 3.06. The molecule has 200 valence electrons. The molecule has 2 aromatic rings. The number of benzene rings is 2. The van der Waals surface area contributed by atoms with Crippen LogP contribution in [-0.4, -0.2) is 66.8 Å². The molecule has 0 unspecified atom stereocenters. The molecule has 2 fully saturated rings. The number of amides is 2. The lowest BCUT2D eigenvalue weighted by Crippen LogP contribution is -2.43. The fraction of sp³-hybridized carbons (Fsp3) is 0.517. The highest BCUT2D eigenvalue weighted by Crippen LogP contribution is 2.45. The molecule has 2 aromatic carbocycles. The molecule has 2 saturated heterocycles. The molecule has 0 saturated carbocycles. The Kier molecular flexibility index (Phi) is 8.85. The van der Waals surface area contributed by atoms with Gasteiger partial charge in [0.15, 0.2) is 8.32 Å². The number of carbonyl (C=O) groups excluding carboxylic acids is 2. The van der Waals surface area contributed by atoms with Crippen LogP contribution in [0.1, 0.15) is 37.3 Å². The normalized spacial score (nSPS) is 23.7. The van der Waals surface area contributed by atoms with Crippen molar-refractivity contribution in [2.45, 2.75) is 70.0 Å². The van der Waals surface area contributed by atoms with Crippen LogP contribution >= 0.6 is 0 Å². The third-order valence-corrected chi connectivity index (χ3v) is 10.4. The van der Waals surface area contributed by atoms with Gasteiger partial charge in [-0.3, -0.25) is 9.59 Å². The fourth-order valence-electron chi connectivity index (χ4n) is 5.90. The third kappa shape index (κ3) is 6.68. The molecule has 2 heterocycles. The highest BCUT2D eigenvalue weighted by molar-refractivity contribution is 6.71. The predicted molar refractivity (Wildman–Crippen MR) is 147 cm³/mol. The quantitative estimate of drug-likeness (QED) is 0.345. The minimum absolute atomic E-state index is 0.0563. The number of aliphatic hydroxyl groups excluding tert-OH is 1. The second-order valence-electron chi connectivity index (χ2n) is 11.0. The van der Waals surface area contributed by atoms with Gasteiger partial charge in [-0.2, -0.15) is 0 Å². The number of anilines is 1. The molecule has 0 aliphatic carbocycles. The molecule has 8 heteroatoms. The van der Waals surface area contributed by atoms with Crippen molar-refractivity contribution in [2.75, 3.05) is 24.6 Å². The molecule has 2 amide bonds. The van der Waals surface area contributed by atoms with Crippen LogP contribution in [0.25, 0.3) is 0 Å². The summed E-state index contributed by atoms with van der Waals surface area (Å²) < 4.78 is 6.51. The molecule has 2 N–H and O–H groups in total. The van der Waals surface area contributed by atoms with Crippen molar-refractivity contribution in [2.24, 2.45) is 5.92 Å². The lowest BCUT2D eigenvalue weighted by molar-refractivity contribution is -0.135. The van der Waals surface area contributed by atoms with Gasteiger partial charge in [-0.25, -0.2) is 0 Å². The fourth-order valence-corrected chi connectivity index (χ4v) is 8.51. The monoisotopic (exact) mass is 524 g/mol. The molecule has 7 nitrogen and oxygen atoms in total. The summed E-state index contributed by atoms with van der Waals surface area (Å²) in [6.45, 7) is 7.37. The number of aryl methyl sites for hydroxylation is 1. The maximum absolute atomic E-state index is 13.4. The Morgan fingerprint density at radius 1 is 1.11 bits per heavy atom. The van der Waals surface area contributed by atoms with Crippen LogP contribution in [0, 0.1) is 5.92 Å². The average Bonchev–Trinajstić information content (AvgIpc) is 3.17. The maximum atomic E-state index is 13.4. The highest BCUT2D eigenvalue weighted by atomic mass is 28.4. The largest absolute Gasteiger partial charge is 0.432 e. The standard InChI is InChI=1S/C29H40N2O5Si/c1-21-25(13-12-22-10-7-11-24(18-22)31-15-14-27(31)33)36-26(29(21)37(2,3)35)19-28(34)30(16-17-32)20-23-8-5-4-6-9-23/h4-11,18,21,25-26,29,32,35H,12-17,19-20H2,1-3H3/t21-,25+,26-,29+/m0/s1. The number of hydrogen-bond donors (Lipinski definition) is 2. The van der Waals surface area contributed by atoms with Crippen LogP contribution in [0.4, 0.5) is 5.69 Å². The van der Waals surface area contributed by atoms with Gasteiger partial charge in [0, 0.05) is 37.3 Å². The zero-order chi connectivity index (χ0) is 26.6. The number of rotatable bonds is 11. The summed E-state index contributed by atoms with van der Waals surface area (Å²) in [6, 6.07) is 17.9. The van der Waals surface area contributed by atoms with Crippen molar-refractivity contribution in [3.05, 3.63) is 65.7 Å². The van der Waals surface area contributed by atoms with Gasteiger partial charge in [0.05, 0.1) is 25.2 Å². The van der Waals surface area contributed by atoms with Crippen LogP contribution in [0.2, 0.25) is 18.6 Å². The molecule has 37 heavy (non-hydrogen) atoms.